The number of halogens is 2. The average Bonchev–Trinajstić information content (AvgIpc) is 2.25. The first-order chi connectivity index (χ1) is 7.63. The fraction of sp³-hybridized carbons (Fsp3) is 0.417. The Kier molecular flexibility index (Phi) is 8.21. The molecule has 3 nitrogen and oxygen atoms in total. The van der Waals surface area contributed by atoms with Crippen LogP contribution < -0.4 is 10.6 Å². The molecule has 0 spiro atoms. The van der Waals surface area contributed by atoms with Crippen LogP contribution in [0.3, 0.4) is 0 Å². The van der Waals surface area contributed by atoms with Crippen LogP contribution in [0.4, 0.5) is 0 Å². The molecule has 96 valence electrons. The van der Waals surface area contributed by atoms with Crippen LogP contribution >= 0.6 is 28.3 Å². The van der Waals surface area contributed by atoms with Gasteiger partial charge in [0.2, 0.25) is 5.91 Å². The monoisotopic (exact) mass is 320 g/mol. The number of carbonyl (C=O) groups is 1. The summed E-state index contributed by atoms with van der Waals surface area (Å²) >= 11 is 3.41. The number of hydrogen-bond acceptors (Lipinski definition) is 2. The first kappa shape index (κ1) is 16.4. The molecule has 0 aliphatic heterocycles. The Hall–Kier alpha value is -0.580. The van der Waals surface area contributed by atoms with Gasteiger partial charge in [-0.1, -0.05) is 22.0 Å². The molecular weight excluding hydrogens is 304 g/mol. The quantitative estimate of drug-likeness (QED) is 0.874. The largest absolute Gasteiger partial charge is 0.352 e. The second kappa shape index (κ2) is 8.50. The normalized spacial score (nSPS) is 9.59. The smallest absolute Gasteiger partial charge is 0.221 e. The predicted molar refractivity (Wildman–Crippen MR) is 76.5 cm³/mol. The Morgan fingerprint density at radius 2 is 2.12 bits per heavy atom. The summed E-state index contributed by atoms with van der Waals surface area (Å²) < 4.78 is 1.07. The summed E-state index contributed by atoms with van der Waals surface area (Å²) in [5.41, 5.74) is 2.34. The molecule has 0 aliphatic rings. The van der Waals surface area contributed by atoms with Gasteiger partial charge in [0, 0.05) is 24.0 Å². The lowest BCUT2D eigenvalue weighted by Gasteiger charge is -2.08. The summed E-state index contributed by atoms with van der Waals surface area (Å²) in [6, 6.07) is 6.06. The second-order valence-corrected chi connectivity index (χ2v) is 4.62. The zero-order chi connectivity index (χ0) is 12.0. The highest BCUT2D eigenvalue weighted by atomic mass is 79.9. The first-order valence-corrected chi connectivity index (χ1v) is 6.09. The van der Waals surface area contributed by atoms with Gasteiger partial charge in [-0.3, -0.25) is 4.79 Å². The fourth-order valence-electron chi connectivity index (χ4n) is 1.38. The van der Waals surface area contributed by atoms with Crippen molar-refractivity contribution in [2.45, 2.75) is 19.9 Å². The van der Waals surface area contributed by atoms with Crippen molar-refractivity contribution in [3.8, 4) is 0 Å². The van der Waals surface area contributed by atoms with E-state index in [9.17, 15) is 4.79 Å². The minimum absolute atomic E-state index is 0. The van der Waals surface area contributed by atoms with Gasteiger partial charge < -0.3 is 10.6 Å². The number of amides is 1. The van der Waals surface area contributed by atoms with Crippen LogP contribution in [0.25, 0.3) is 0 Å². The maximum atomic E-state index is 11.4. The Labute approximate surface area is 117 Å². The van der Waals surface area contributed by atoms with Crippen molar-refractivity contribution < 1.29 is 4.79 Å². The Bertz CT molecular complexity index is 372. The molecule has 0 bridgehead atoms. The van der Waals surface area contributed by atoms with Crippen molar-refractivity contribution in [3.63, 3.8) is 0 Å². The highest BCUT2D eigenvalue weighted by Crippen LogP contribution is 2.15. The van der Waals surface area contributed by atoms with E-state index in [2.05, 4.69) is 32.6 Å². The van der Waals surface area contributed by atoms with E-state index in [4.69, 9.17) is 0 Å². The molecule has 1 rings (SSSR count). The van der Waals surface area contributed by atoms with Crippen molar-refractivity contribution in [2.75, 3.05) is 13.6 Å². The van der Waals surface area contributed by atoms with E-state index >= 15 is 0 Å². The highest BCUT2D eigenvalue weighted by Gasteiger charge is 2.02. The van der Waals surface area contributed by atoms with Gasteiger partial charge >= 0.3 is 0 Å². The molecule has 0 aliphatic carbocycles. The SMILES string of the molecule is CNCCC(=O)NCc1ccc(Br)cc1C.Cl. The lowest BCUT2D eigenvalue weighted by molar-refractivity contribution is -0.121. The summed E-state index contributed by atoms with van der Waals surface area (Å²) in [4.78, 5) is 11.4. The number of hydrogen-bond donors (Lipinski definition) is 2. The van der Waals surface area contributed by atoms with Crippen molar-refractivity contribution in [2.24, 2.45) is 0 Å². The molecule has 0 saturated carbocycles. The third kappa shape index (κ3) is 6.05. The van der Waals surface area contributed by atoms with E-state index in [0.717, 1.165) is 10.0 Å². The minimum Gasteiger partial charge on any atom is -0.352 e. The van der Waals surface area contributed by atoms with Crippen molar-refractivity contribution in [1.29, 1.82) is 0 Å². The summed E-state index contributed by atoms with van der Waals surface area (Å²) in [6.45, 7) is 3.35. The maximum Gasteiger partial charge on any atom is 0.221 e. The Balaban J connectivity index is 0.00000256. The number of rotatable bonds is 5. The summed E-state index contributed by atoms with van der Waals surface area (Å²) in [6.07, 6.45) is 0.520. The summed E-state index contributed by atoms with van der Waals surface area (Å²) in [7, 11) is 1.84. The fourth-order valence-corrected chi connectivity index (χ4v) is 1.85. The van der Waals surface area contributed by atoms with Crippen molar-refractivity contribution >= 4 is 34.2 Å². The van der Waals surface area contributed by atoms with Crippen molar-refractivity contribution in [3.05, 3.63) is 33.8 Å². The van der Waals surface area contributed by atoms with Crippen LogP contribution in [-0.4, -0.2) is 19.5 Å². The molecule has 5 heteroatoms. The van der Waals surface area contributed by atoms with Gasteiger partial charge in [-0.05, 0) is 37.2 Å². The van der Waals surface area contributed by atoms with Crippen LogP contribution in [-0.2, 0) is 11.3 Å². The molecule has 0 saturated heterocycles. The molecule has 17 heavy (non-hydrogen) atoms. The standard InChI is InChI=1S/C12H17BrN2O.ClH/c1-9-7-11(13)4-3-10(9)8-15-12(16)5-6-14-2;/h3-4,7,14H,5-6,8H2,1-2H3,(H,15,16);1H. The van der Waals surface area contributed by atoms with Gasteiger partial charge in [-0.2, -0.15) is 0 Å². The van der Waals surface area contributed by atoms with E-state index < -0.39 is 0 Å². The predicted octanol–water partition coefficient (Wildman–Crippen LogP) is 2.41. The molecule has 0 radical (unpaired) electrons. The molecule has 1 aromatic carbocycles. The van der Waals surface area contributed by atoms with Gasteiger partial charge in [0.1, 0.15) is 0 Å². The maximum absolute atomic E-state index is 11.4. The molecule has 0 fully saturated rings. The van der Waals surface area contributed by atoms with E-state index in [1.165, 1.54) is 5.56 Å². The molecule has 1 amide bonds. The van der Waals surface area contributed by atoms with Gasteiger partial charge in [0.15, 0.2) is 0 Å². The topological polar surface area (TPSA) is 41.1 Å². The van der Waals surface area contributed by atoms with Crippen LogP contribution in [0.5, 0.6) is 0 Å². The van der Waals surface area contributed by atoms with Crippen LogP contribution in [0.15, 0.2) is 22.7 Å². The summed E-state index contributed by atoms with van der Waals surface area (Å²) in [5.74, 6) is 0.0802. The number of aryl methyl sites for hydroxylation is 1. The Morgan fingerprint density at radius 1 is 1.41 bits per heavy atom. The average molecular weight is 322 g/mol. The van der Waals surface area contributed by atoms with Gasteiger partial charge in [-0.15, -0.1) is 12.4 Å². The highest BCUT2D eigenvalue weighted by molar-refractivity contribution is 9.10. The molecule has 0 atom stereocenters. The lowest BCUT2D eigenvalue weighted by atomic mass is 10.1. The molecule has 2 N–H and O–H groups in total. The minimum atomic E-state index is 0. The van der Waals surface area contributed by atoms with E-state index in [0.29, 0.717) is 19.5 Å². The van der Waals surface area contributed by atoms with E-state index in [-0.39, 0.29) is 18.3 Å². The molecular formula is C12H18BrClN2O. The van der Waals surface area contributed by atoms with Gasteiger partial charge in [-0.25, -0.2) is 0 Å². The third-order valence-corrected chi connectivity index (χ3v) is 2.88. The van der Waals surface area contributed by atoms with Gasteiger partial charge in [0.05, 0.1) is 0 Å². The molecule has 0 heterocycles. The number of nitrogens with one attached hydrogen (secondary N) is 2. The zero-order valence-electron chi connectivity index (χ0n) is 10.0. The molecule has 0 unspecified atom stereocenters. The van der Waals surface area contributed by atoms with Gasteiger partial charge in [0.25, 0.3) is 0 Å². The zero-order valence-corrected chi connectivity index (χ0v) is 12.5. The molecule has 1 aromatic rings. The molecule has 0 aromatic heterocycles. The third-order valence-electron chi connectivity index (χ3n) is 2.38. The summed E-state index contributed by atoms with van der Waals surface area (Å²) in [5, 5.41) is 5.85. The van der Waals surface area contributed by atoms with Crippen molar-refractivity contribution in [1.82, 2.24) is 10.6 Å². The van der Waals surface area contributed by atoms with Crippen LogP contribution in [0, 0.1) is 6.92 Å². The lowest BCUT2D eigenvalue weighted by Crippen LogP contribution is -2.26. The second-order valence-electron chi connectivity index (χ2n) is 3.70. The van der Waals surface area contributed by atoms with E-state index in [1.54, 1.807) is 0 Å². The van der Waals surface area contributed by atoms with Crippen LogP contribution in [0.1, 0.15) is 17.5 Å². The number of carbonyl (C=O) groups excluding carboxylic acids is 1. The first-order valence-electron chi connectivity index (χ1n) is 5.30. The Morgan fingerprint density at radius 3 is 2.71 bits per heavy atom. The van der Waals surface area contributed by atoms with E-state index in [1.807, 2.05) is 26.1 Å². The number of benzene rings is 1. The van der Waals surface area contributed by atoms with Crippen LogP contribution in [0.2, 0.25) is 0 Å².